The highest BCUT2D eigenvalue weighted by molar-refractivity contribution is 7.17. The monoisotopic (exact) mass is 410 g/mol. The molecule has 0 amide bonds. The fourth-order valence-electron chi connectivity index (χ4n) is 3.59. The SMILES string of the molecule is C[C@H](CCCCc1ccc2sccc2c1)NCc1ccc2cnccc2c1.Cl. The number of nitrogens with one attached hydrogen (secondary N) is 1. The molecule has 0 unspecified atom stereocenters. The Bertz CT molecular complexity index is 1030. The fraction of sp³-hybridized carbons (Fsp3) is 0.292. The predicted octanol–water partition coefficient (Wildman–Crippen LogP) is 6.76. The van der Waals surface area contributed by atoms with E-state index >= 15 is 0 Å². The molecule has 146 valence electrons. The van der Waals surface area contributed by atoms with Crippen molar-refractivity contribution >= 4 is 44.6 Å². The molecule has 28 heavy (non-hydrogen) atoms. The molecule has 2 aromatic carbocycles. The summed E-state index contributed by atoms with van der Waals surface area (Å²) in [6.07, 6.45) is 8.70. The first-order valence-corrected chi connectivity index (χ1v) is 10.7. The van der Waals surface area contributed by atoms with Crippen molar-refractivity contribution in [2.24, 2.45) is 0 Å². The number of unbranched alkanes of at least 4 members (excludes halogenated alkanes) is 1. The summed E-state index contributed by atoms with van der Waals surface area (Å²) in [5.74, 6) is 0. The summed E-state index contributed by atoms with van der Waals surface area (Å²) >= 11 is 1.82. The first kappa shape index (κ1) is 20.8. The van der Waals surface area contributed by atoms with E-state index in [1.807, 2.05) is 23.7 Å². The molecule has 2 heterocycles. The number of benzene rings is 2. The minimum absolute atomic E-state index is 0. The van der Waals surface area contributed by atoms with Crippen LogP contribution in [0.3, 0.4) is 0 Å². The van der Waals surface area contributed by atoms with Crippen LogP contribution in [0.25, 0.3) is 20.9 Å². The van der Waals surface area contributed by atoms with E-state index in [1.165, 1.54) is 57.7 Å². The van der Waals surface area contributed by atoms with E-state index in [4.69, 9.17) is 0 Å². The average Bonchev–Trinajstić information content (AvgIpc) is 3.17. The van der Waals surface area contributed by atoms with Crippen LogP contribution in [-0.2, 0) is 13.0 Å². The van der Waals surface area contributed by atoms with Crippen LogP contribution >= 0.6 is 23.7 Å². The Morgan fingerprint density at radius 2 is 1.79 bits per heavy atom. The van der Waals surface area contributed by atoms with Gasteiger partial charge in [0.1, 0.15) is 0 Å². The topological polar surface area (TPSA) is 24.9 Å². The first-order valence-electron chi connectivity index (χ1n) is 9.80. The van der Waals surface area contributed by atoms with Crippen molar-refractivity contribution in [1.29, 1.82) is 0 Å². The van der Waals surface area contributed by atoms with Gasteiger partial charge in [-0.25, -0.2) is 0 Å². The molecule has 1 atom stereocenters. The van der Waals surface area contributed by atoms with Crippen LogP contribution in [0.4, 0.5) is 0 Å². The van der Waals surface area contributed by atoms with Gasteiger partial charge in [0, 0.05) is 35.1 Å². The molecule has 4 heteroatoms. The Morgan fingerprint density at radius 1 is 0.929 bits per heavy atom. The lowest BCUT2D eigenvalue weighted by Crippen LogP contribution is -2.25. The summed E-state index contributed by atoms with van der Waals surface area (Å²) in [5, 5.41) is 9.70. The minimum atomic E-state index is 0. The number of thiophene rings is 1. The Labute approximate surface area is 177 Å². The molecular formula is C24H27ClN2S. The van der Waals surface area contributed by atoms with Crippen molar-refractivity contribution in [3.05, 3.63) is 77.4 Å². The van der Waals surface area contributed by atoms with E-state index in [0.717, 1.165) is 6.54 Å². The number of rotatable bonds is 8. The number of hydrogen-bond donors (Lipinski definition) is 1. The molecule has 0 aliphatic carbocycles. The highest BCUT2D eigenvalue weighted by Crippen LogP contribution is 2.22. The number of aromatic nitrogens is 1. The molecular weight excluding hydrogens is 384 g/mol. The van der Waals surface area contributed by atoms with Gasteiger partial charge in [-0.1, -0.05) is 30.7 Å². The van der Waals surface area contributed by atoms with E-state index in [1.54, 1.807) is 0 Å². The highest BCUT2D eigenvalue weighted by atomic mass is 35.5. The molecule has 0 fully saturated rings. The maximum atomic E-state index is 4.18. The van der Waals surface area contributed by atoms with E-state index < -0.39 is 0 Å². The van der Waals surface area contributed by atoms with Gasteiger partial charge in [-0.3, -0.25) is 4.98 Å². The van der Waals surface area contributed by atoms with Gasteiger partial charge < -0.3 is 5.32 Å². The van der Waals surface area contributed by atoms with Gasteiger partial charge in [0.15, 0.2) is 0 Å². The number of hydrogen-bond acceptors (Lipinski definition) is 3. The van der Waals surface area contributed by atoms with Crippen molar-refractivity contribution in [1.82, 2.24) is 10.3 Å². The lowest BCUT2D eigenvalue weighted by atomic mass is 10.0. The molecule has 4 aromatic rings. The molecule has 2 aromatic heterocycles. The van der Waals surface area contributed by atoms with E-state index in [0.29, 0.717) is 6.04 Å². The second kappa shape index (κ2) is 10.0. The predicted molar refractivity (Wildman–Crippen MR) is 125 cm³/mol. The van der Waals surface area contributed by atoms with Crippen molar-refractivity contribution in [3.63, 3.8) is 0 Å². The smallest absolute Gasteiger partial charge is 0.0346 e. The number of halogens is 1. The summed E-state index contributed by atoms with van der Waals surface area (Å²) < 4.78 is 1.39. The van der Waals surface area contributed by atoms with Crippen LogP contribution in [-0.4, -0.2) is 11.0 Å². The van der Waals surface area contributed by atoms with Crippen LogP contribution in [0.15, 0.2) is 66.3 Å². The van der Waals surface area contributed by atoms with Gasteiger partial charge in [-0.2, -0.15) is 0 Å². The van der Waals surface area contributed by atoms with Crippen LogP contribution in [0.1, 0.15) is 37.3 Å². The lowest BCUT2D eigenvalue weighted by Gasteiger charge is -2.14. The zero-order valence-electron chi connectivity index (χ0n) is 16.2. The summed E-state index contributed by atoms with van der Waals surface area (Å²) in [7, 11) is 0. The molecule has 0 aliphatic heterocycles. The molecule has 0 saturated heterocycles. The van der Waals surface area contributed by atoms with Crippen LogP contribution < -0.4 is 5.32 Å². The number of aryl methyl sites for hydroxylation is 1. The molecule has 0 radical (unpaired) electrons. The summed E-state index contributed by atoms with van der Waals surface area (Å²) in [4.78, 5) is 4.18. The third kappa shape index (κ3) is 5.32. The van der Waals surface area contributed by atoms with E-state index in [-0.39, 0.29) is 12.4 Å². The van der Waals surface area contributed by atoms with Gasteiger partial charge >= 0.3 is 0 Å². The summed E-state index contributed by atoms with van der Waals surface area (Å²) in [6, 6.07) is 18.4. The van der Waals surface area contributed by atoms with Crippen molar-refractivity contribution in [3.8, 4) is 0 Å². The zero-order chi connectivity index (χ0) is 18.5. The first-order chi connectivity index (χ1) is 13.3. The maximum Gasteiger partial charge on any atom is 0.0346 e. The normalized spacial score (nSPS) is 12.2. The molecule has 2 nitrogen and oxygen atoms in total. The van der Waals surface area contributed by atoms with E-state index in [9.17, 15) is 0 Å². The molecule has 0 saturated carbocycles. The largest absolute Gasteiger partial charge is 0.310 e. The zero-order valence-corrected chi connectivity index (χ0v) is 17.9. The number of pyridine rings is 1. The standard InChI is InChI=1S/C24H26N2S.ClH/c1-18(26-16-20-6-8-23-17-25-12-10-21(23)15-20)4-2-3-5-19-7-9-24-22(14-19)11-13-27-24;/h6-15,17-18,26H,2-5,16H2,1H3;1H/t18-;/m1./s1. The van der Waals surface area contributed by atoms with Crippen LogP contribution in [0.2, 0.25) is 0 Å². The van der Waals surface area contributed by atoms with Gasteiger partial charge in [-0.05, 0) is 77.7 Å². The third-order valence-electron chi connectivity index (χ3n) is 5.23. The van der Waals surface area contributed by atoms with Crippen LogP contribution in [0.5, 0.6) is 0 Å². The average molecular weight is 411 g/mol. The highest BCUT2D eigenvalue weighted by Gasteiger charge is 2.04. The summed E-state index contributed by atoms with van der Waals surface area (Å²) in [6.45, 7) is 3.22. The number of nitrogens with zero attached hydrogens (tertiary/aromatic N) is 1. The van der Waals surface area contributed by atoms with Crippen molar-refractivity contribution < 1.29 is 0 Å². The van der Waals surface area contributed by atoms with Crippen molar-refractivity contribution in [2.75, 3.05) is 0 Å². The van der Waals surface area contributed by atoms with Gasteiger partial charge in [0.05, 0.1) is 0 Å². The maximum absolute atomic E-state index is 4.18. The third-order valence-corrected chi connectivity index (χ3v) is 6.13. The fourth-order valence-corrected chi connectivity index (χ4v) is 4.36. The van der Waals surface area contributed by atoms with Crippen LogP contribution in [0, 0.1) is 0 Å². The van der Waals surface area contributed by atoms with E-state index in [2.05, 4.69) is 71.1 Å². The molecule has 1 N–H and O–H groups in total. The summed E-state index contributed by atoms with van der Waals surface area (Å²) in [5.41, 5.74) is 2.80. The second-order valence-electron chi connectivity index (χ2n) is 7.38. The number of fused-ring (bicyclic) bond motifs is 2. The van der Waals surface area contributed by atoms with Gasteiger partial charge in [0.2, 0.25) is 0 Å². The Morgan fingerprint density at radius 3 is 2.71 bits per heavy atom. The molecule has 0 aliphatic rings. The Kier molecular flexibility index (Phi) is 7.43. The second-order valence-corrected chi connectivity index (χ2v) is 8.33. The Hall–Kier alpha value is -1.94. The minimum Gasteiger partial charge on any atom is -0.310 e. The van der Waals surface area contributed by atoms with Gasteiger partial charge in [0.25, 0.3) is 0 Å². The van der Waals surface area contributed by atoms with Crippen molar-refractivity contribution in [2.45, 2.75) is 45.2 Å². The lowest BCUT2D eigenvalue weighted by molar-refractivity contribution is 0.489. The van der Waals surface area contributed by atoms with Gasteiger partial charge in [-0.15, -0.1) is 23.7 Å². The quantitative estimate of drug-likeness (QED) is 0.324. The molecule has 0 spiro atoms. The Balaban J connectivity index is 0.00000225. The molecule has 0 bridgehead atoms. The molecule has 4 rings (SSSR count).